The van der Waals surface area contributed by atoms with E-state index < -0.39 is 0 Å². The third kappa shape index (κ3) is 4.76. The summed E-state index contributed by atoms with van der Waals surface area (Å²) in [5, 5.41) is 0. The molecule has 0 unspecified atom stereocenters. The second-order valence-electron chi connectivity index (χ2n) is 6.09. The Hall–Kier alpha value is -0.950. The molecule has 1 aromatic rings. The van der Waals surface area contributed by atoms with Gasteiger partial charge in [-0.2, -0.15) is 0 Å². The Bertz CT molecular complexity index is 509. The fourth-order valence-electron chi connectivity index (χ4n) is 3.06. The molecule has 2 aliphatic rings. The van der Waals surface area contributed by atoms with Gasteiger partial charge in [0.1, 0.15) is 0 Å². The van der Waals surface area contributed by atoms with E-state index in [1.54, 1.807) is 0 Å². The van der Waals surface area contributed by atoms with Crippen LogP contribution in [0.5, 0.6) is 0 Å². The number of carbonyl (C=O) groups excluding carboxylic acids is 1. The number of ether oxygens (including phenoxy) is 1. The molecular formula is C17H24BrN3O2. The maximum Gasteiger partial charge on any atom is 0.253 e. The zero-order chi connectivity index (χ0) is 16.1. The Balaban J connectivity index is 1.42. The zero-order valence-corrected chi connectivity index (χ0v) is 15.0. The lowest BCUT2D eigenvalue weighted by Gasteiger charge is -2.36. The van der Waals surface area contributed by atoms with Crippen molar-refractivity contribution in [2.45, 2.75) is 0 Å². The summed E-state index contributed by atoms with van der Waals surface area (Å²) in [6.07, 6.45) is 0. The quantitative estimate of drug-likeness (QED) is 0.792. The third-order valence-electron chi connectivity index (χ3n) is 4.59. The first kappa shape index (κ1) is 16.9. The predicted octanol–water partition coefficient (Wildman–Crippen LogP) is 1.54. The first-order chi connectivity index (χ1) is 11.2. The summed E-state index contributed by atoms with van der Waals surface area (Å²) in [4.78, 5) is 19.4. The molecule has 1 aromatic carbocycles. The molecule has 3 rings (SSSR count). The van der Waals surface area contributed by atoms with Gasteiger partial charge in [-0.15, -0.1) is 0 Å². The lowest BCUT2D eigenvalue weighted by Crippen LogP contribution is -2.51. The number of hydrogen-bond acceptors (Lipinski definition) is 4. The highest BCUT2D eigenvalue weighted by molar-refractivity contribution is 9.10. The number of rotatable bonds is 4. The summed E-state index contributed by atoms with van der Waals surface area (Å²) >= 11 is 3.41. The van der Waals surface area contributed by atoms with Crippen molar-refractivity contribution >= 4 is 21.8 Å². The van der Waals surface area contributed by atoms with Gasteiger partial charge in [-0.3, -0.25) is 14.6 Å². The van der Waals surface area contributed by atoms with Crippen LogP contribution in [0.4, 0.5) is 0 Å². The van der Waals surface area contributed by atoms with Crippen LogP contribution in [-0.4, -0.2) is 86.2 Å². The molecule has 2 fully saturated rings. The van der Waals surface area contributed by atoms with E-state index in [1.165, 1.54) is 0 Å². The highest BCUT2D eigenvalue weighted by Gasteiger charge is 2.22. The standard InChI is InChI=1S/C17H24BrN3O2/c18-16-3-1-15(2-4-16)17(22)21-9-7-19(8-10-21)5-6-20-11-13-23-14-12-20/h1-4H,5-14H2. The molecule has 0 spiro atoms. The van der Waals surface area contributed by atoms with Gasteiger partial charge in [-0.1, -0.05) is 15.9 Å². The monoisotopic (exact) mass is 381 g/mol. The number of morpholine rings is 1. The lowest BCUT2D eigenvalue weighted by molar-refractivity contribution is 0.0293. The van der Waals surface area contributed by atoms with Gasteiger partial charge in [0, 0.05) is 62.4 Å². The number of piperazine rings is 1. The van der Waals surface area contributed by atoms with Gasteiger partial charge in [0.05, 0.1) is 13.2 Å². The molecular weight excluding hydrogens is 358 g/mol. The summed E-state index contributed by atoms with van der Waals surface area (Å²) in [5.41, 5.74) is 0.773. The van der Waals surface area contributed by atoms with Crippen LogP contribution >= 0.6 is 15.9 Å². The Morgan fingerprint density at radius 3 is 2.09 bits per heavy atom. The first-order valence-electron chi connectivity index (χ1n) is 8.30. The minimum Gasteiger partial charge on any atom is -0.379 e. The molecule has 0 aromatic heterocycles. The minimum atomic E-state index is 0.144. The average Bonchev–Trinajstić information content (AvgIpc) is 2.61. The number of amides is 1. The number of halogens is 1. The predicted molar refractivity (Wildman–Crippen MR) is 93.7 cm³/mol. The van der Waals surface area contributed by atoms with E-state index in [0.717, 1.165) is 75.6 Å². The average molecular weight is 382 g/mol. The second-order valence-corrected chi connectivity index (χ2v) is 7.01. The molecule has 1 amide bonds. The highest BCUT2D eigenvalue weighted by atomic mass is 79.9. The van der Waals surface area contributed by atoms with Gasteiger partial charge in [0.15, 0.2) is 0 Å². The van der Waals surface area contributed by atoms with E-state index in [9.17, 15) is 4.79 Å². The molecule has 5 nitrogen and oxygen atoms in total. The third-order valence-corrected chi connectivity index (χ3v) is 5.12. The van der Waals surface area contributed by atoms with E-state index in [1.807, 2.05) is 29.2 Å². The van der Waals surface area contributed by atoms with Crippen LogP contribution in [0.2, 0.25) is 0 Å². The largest absolute Gasteiger partial charge is 0.379 e. The summed E-state index contributed by atoms with van der Waals surface area (Å²) in [7, 11) is 0. The van der Waals surface area contributed by atoms with E-state index in [2.05, 4.69) is 25.7 Å². The van der Waals surface area contributed by atoms with Gasteiger partial charge in [0.25, 0.3) is 5.91 Å². The highest BCUT2D eigenvalue weighted by Crippen LogP contribution is 2.13. The van der Waals surface area contributed by atoms with Crippen molar-refractivity contribution in [2.24, 2.45) is 0 Å². The van der Waals surface area contributed by atoms with Crippen LogP contribution < -0.4 is 0 Å². The molecule has 6 heteroatoms. The van der Waals surface area contributed by atoms with E-state index in [0.29, 0.717) is 0 Å². The van der Waals surface area contributed by atoms with Crippen molar-refractivity contribution in [2.75, 3.05) is 65.6 Å². The Labute approximate surface area is 146 Å². The Morgan fingerprint density at radius 2 is 1.48 bits per heavy atom. The Morgan fingerprint density at radius 1 is 0.913 bits per heavy atom. The zero-order valence-electron chi connectivity index (χ0n) is 13.4. The van der Waals surface area contributed by atoms with Crippen molar-refractivity contribution in [3.05, 3.63) is 34.3 Å². The van der Waals surface area contributed by atoms with Gasteiger partial charge in [-0.25, -0.2) is 0 Å². The molecule has 0 bridgehead atoms. The van der Waals surface area contributed by atoms with Crippen molar-refractivity contribution in [1.29, 1.82) is 0 Å². The number of hydrogen-bond donors (Lipinski definition) is 0. The fraction of sp³-hybridized carbons (Fsp3) is 0.588. The van der Waals surface area contributed by atoms with Crippen molar-refractivity contribution in [3.63, 3.8) is 0 Å². The van der Waals surface area contributed by atoms with Crippen molar-refractivity contribution in [3.8, 4) is 0 Å². The van der Waals surface area contributed by atoms with Gasteiger partial charge >= 0.3 is 0 Å². The topological polar surface area (TPSA) is 36.0 Å². The molecule has 2 aliphatic heterocycles. The van der Waals surface area contributed by atoms with Crippen LogP contribution in [0.1, 0.15) is 10.4 Å². The van der Waals surface area contributed by atoms with Gasteiger partial charge in [0.2, 0.25) is 0 Å². The number of nitrogens with zero attached hydrogens (tertiary/aromatic N) is 3. The lowest BCUT2D eigenvalue weighted by atomic mass is 10.2. The summed E-state index contributed by atoms with van der Waals surface area (Å²) in [6.45, 7) is 9.55. The maximum absolute atomic E-state index is 12.5. The van der Waals surface area contributed by atoms with Gasteiger partial charge < -0.3 is 9.64 Å². The number of carbonyl (C=O) groups is 1. The van der Waals surface area contributed by atoms with Crippen LogP contribution in [0.3, 0.4) is 0 Å². The molecule has 2 heterocycles. The van der Waals surface area contributed by atoms with Crippen LogP contribution in [0.25, 0.3) is 0 Å². The van der Waals surface area contributed by atoms with Crippen LogP contribution in [0, 0.1) is 0 Å². The van der Waals surface area contributed by atoms with Gasteiger partial charge in [-0.05, 0) is 24.3 Å². The smallest absolute Gasteiger partial charge is 0.253 e. The molecule has 0 saturated carbocycles. The van der Waals surface area contributed by atoms with Crippen LogP contribution in [0.15, 0.2) is 28.7 Å². The Kier molecular flexibility index (Phi) is 6.05. The van der Waals surface area contributed by atoms with E-state index in [4.69, 9.17) is 4.74 Å². The fourth-order valence-corrected chi connectivity index (χ4v) is 3.32. The normalized spacial score (nSPS) is 20.7. The summed E-state index contributed by atoms with van der Waals surface area (Å²) < 4.78 is 6.38. The van der Waals surface area contributed by atoms with Crippen molar-refractivity contribution in [1.82, 2.24) is 14.7 Å². The molecule has 0 atom stereocenters. The number of benzene rings is 1. The summed E-state index contributed by atoms with van der Waals surface area (Å²) in [5.74, 6) is 0.144. The van der Waals surface area contributed by atoms with E-state index in [-0.39, 0.29) is 5.91 Å². The minimum absolute atomic E-state index is 0.144. The first-order valence-corrected chi connectivity index (χ1v) is 9.09. The molecule has 126 valence electrons. The van der Waals surface area contributed by atoms with Crippen molar-refractivity contribution < 1.29 is 9.53 Å². The molecule has 0 aliphatic carbocycles. The van der Waals surface area contributed by atoms with Crippen LogP contribution in [-0.2, 0) is 4.74 Å². The second kappa shape index (κ2) is 8.24. The van der Waals surface area contributed by atoms with E-state index >= 15 is 0 Å². The SMILES string of the molecule is O=C(c1ccc(Br)cc1)N1CCN(CCN2CCOCC2)CC1. The molecule has 23 heavy (non-hydrogen) atoms. The molecule has 0 radical (unpaired) electrons. The molecule has 2 saturated heterocycles. The summed E-state index contributed by atoms with van der Waals surface area (Å²) in [6, 6.07) is 7.62. The maximum atomic E-state index is 12.5. The molecule has 0 N–H and O–H groups in total.